The molecule has 0 aliphatic carbocycles. The van der Waals surface area contributed by atoms with E-state index in [2.05, 4.69) is 52.0 Å². The SMILES string of the molecule is Cc1ccc(CNc2ccc(C(=O)Nc3ccc(Cl)cc3C)nn2)cc1. The number of anilines is 2. The molecule has 0 atom stereocenters. The second kappa shape index (κ2) is 7.97. The van der Waals surface area contributed by atoms with Gasteiger partial charge in [-0.2, -0.15) is 0 Å². The number of hydrogen-bond donors (Lipinski definition) is 2. The minimum absolute atomic E-state index is 0.250. The van der Waals surface area contributed by atoms with Crippen LogP contribution >= 0.6 is 11.6 Å². The molecule has 132 valence electrons. The van der Waals surface area contributed by atoms with Crippen LogP contribution in [-0.4, -0.2) is 16.1 Å². The monoisotopic (exact) mass is 366 g/mol. The predicted molar refractivity (Wildman–Crippen MR) is 105 cm³/mol. The van der Waals surface area contributed by atoms with Crippen LogP contribution < -0.4 is 10.6 Å². The maximum absolute atomic E-state index is 12.3. The molecule has 6 heteroatoms. The lowest BCUT2D eigenvalue weighted by atomic mass is 10.1. The van der Waals surface area contributed by atoms with Gasteiger partial charge in [-0.3, -0.25) is 4.79 Å². The second-order valence-corrected chi connectivity index (χ2v) is 6.49. The molecule has 0 radical (unpaired) electrons. The second-order valence-electron chi connectivity index (χ2n) is 6.06. The standard InChI is InChI=1S/C20H19ClN4O/c1-13-3-5-15(6-4-13)12-22-19-10-9-18(24-25-19)20(26)23-17-8-7-16(21)11-14(17)2/h3-11H,12H2,1-2H3,(H,22,25)(H,23,26). The van der Waals surface area contributed by atoms with Crippen LogP contribution in [0.5, 0.6) is 0 Å². The zero-order valence-corrected chi connectivity index (χ0v) is 15.3. The van der Waals surface area contributed by atoms with Gasteiger partial charge < -0.3 is 10.6 Å². The first kappa shape index (κ1) is 17.9. The molecule has 2 aromatic carbocycles. The molecule has 0 fully saturated rings. The lowest BCUT2D eigenvalue weighted by Gasteiger charge is -2.09. The van der Waals surface area contributed by atoms with Crippen molar-refractivity contribution in [1.82, 2.24) is 10.2 Å². The highest BCUT2D eigenvalue weighted by Crippen LogP contribution is 2.20. The van der Waals surface area contributed by atoms with Gasteiger partial charge in [0.25, 0.3) is 5.91 Å². The molecule has 0 aliphatic rings. The molecule has 2 N–H and O–H groups in total. The third kappa shape index (κ3) is 4.58. The zero-order chi connectivity index (χ0) is 18.5. The lowest BCUT2D eigenvalue weighted by Crippen LogP contribution is -2.15. The highest BCUT2D eigenvalue weighted by atomic mass is 35.5. The average molecular weight is 367 g/mol. The summed E-state index contributed by atoms with van der Waals surface area (Å²) >= 11 is 5.93. The molecule has 1 aromatic heterocycles. The third-order valence-corrected chi connectivity index (χ3v) is 4.16. The number of carbonyl (C=O) groups excluding carboxylic acids is 1. The number of nitrogens with one attached hydrogen (secondary N) is 2. The Balaban J connectivity index is 1.61. The summed E-state index contributed by atoms with van der Waals surface area (Å²) in [4.78, 5) is 12.3. The molecular formula is C20H19ClN4O. The van der Waals surface area contributed by atoms with E-state index in [1.807, 2.05) is 6.92 Å². The first-order chi connectivity index (χ1) is 12.5. The Morgan fingerprint density at radius 3 is 2.42 bits per heavy atom. The molecule has 3 aromatic rings. The summed E-state index contributed by atoms with van der Waals surface area (Å²) in [6.45, 7) is 4.58. The van der Waals surface area contributed by atoms with E-state index in [1.54, 1.807) is 30.3 Å². The number of amides is 1. The van der Waals surface area contributed by atoms with Crippen molar-refractivity contribution < 1.29 is 4.79 Å². The molecule has 3 rings (SSSR count). The smallest absolute Gasteiger partial charge is 0.276 e. The Morgan fingerprint density at radius 1 is 1.00 bits per heavy atom. The zero-order valence-electron chi connectivity index (χ0n) is 14.6. The highest BCUT2D eigenvalue weighted by Gasteiger charge is 2.10. The Kier molecular flexibility index (Phi) is 5.49. The number of rotatable bonds is 5. The van der Waals surface area contributed by atoms with Crippen molar-refractivity contribution in [2.24, 2.45) is 0 Å². The lowest BCUT2D eigenvalue weighted by molar-refractivity contribution is 0.102. The number of aromatic nitrogens is 2. The predicted octanol–water partition coefficient (Wildman–Crippen LogP) is 4.61. The van der Waals surface area contributed by atoms with Gasteiger partial charge in [-0.1, -0.05) is 41.4 Å². The summed E-state index contributed by atoms with van der Waals surface area (Å²) in [7, 11) is 0. The van der Waals surface area contributed by atoms with Crippen molar-refractivity contribution in [3.8, 4) is 0 Å². The van der Waals surface area contributed by atoms with Gasteiger partial charge in [0.2, 0.25) is 0 Å². The molecule has 0 saturated heterocycles. The third-order valence-electron chi connectivity index (χ3n) is 3.93. The van der Waals surface area contributed by atoms with Crippen LogP contribution in [0.4, 0.5) is 11.5 Å². The Labute approximate surface area is 157 Å². The maximum atomic E-state index is 12.3. The summed E-state index contributed by atoms with van der Waals surface area (Å²) in [6, 6.07) is 16.9. The Hall–Kier alpha value is -2.92. The Morgan fingerprint density at radius 2 is 1.77 bits per heavy atom. The summed E-state index contributed by atoms with van der Waals surface area (Å²) in [5.74, 6) is 0.304. The molecule has 5 nitrogen and oxygen atoms in total. The number of halogens is 1. The highest BCUT2D eigenvalue weighted by molar-refractivity contribution is 6.30. The van der Waals surface area contributed by atoms with Gasteiger partial charge >= 0.3 is 0 Å². The number of benzene rings is 2. The number of carbonyl (C=O) groups is 1. The van der Waals surface area contributed by atoms with Crippen LogP contribution in [0.1, 0.15) is 27.2 Å². The molecule has 1 heterocycles. The van der Waals surface area contributed by atoms with Crippen molar-refractivity contribution in [2.45, 2.75) is 20.4 Å². The quantitative estimate of drug-likeness (QED) is 0.691. The first-order valence-corrected chi connectivity index (χ1v) is 8.60. The van der Waals surface area contributed by atoms with Crippen LogP contribution in [-0.2, 0) is 6.54 Å². The van der Waals surface area contributed by atoms with Crippen LogP contribution in [0.25, 0.3) is 0 Å². The van der Waals surface area contributed by atoms with Gasteiger partial charge in [0.15, 0.2) is 5.69 Å². The van der Waals surface area contributed by atoms with E-state index in [0.717, 1.165) is 11.1 Å². The molecule has 26 heavy (non-hydrogen) atoms. The van der Waals surface area contributed by atoms with Gasteiger partial charge in [-0.25, -0.2) is 0 Å². The topological polar surface area (TPSA) is 66.9 Å². The maximum Gasteiger partial charge on any atom is 0.276 e. The van der Waals surface area contributed by atoms with Gasteiger partial charge in [0.05, 0.1) is 0 Å². The fourth-order valence-electron chi connectivity index (χ4n) is 2.40. The summed E-state index contributed by atoms with van der Waals surface area (Å²) in [5, 5.41) is 14.7. The van der Waals surface area contributed by atoms with Crippen molar-refractivity contribution in [1.29, 1.82) is 0 Å². The van der Waals surface area contributed by atoms with Gasteiger partial charge in [-0.05, 0) is 55.3 Å². The molecule has 0 saturated carbocycles. The summed E-state index contributed by atoms with van der Waals surface area (Å²) < 4.78 is 0. The minimum Gasteiger partial charge on any atom is -0.365 e. The Bertz CT molecular complexity index is 908. The van der Waals surface area contributed by atoms with E-state index >= 15 is 0 Å². The van der Waals surface area contributed by atoms with E-state index in [-0.39, 0.29) is 11.6 Å². The molecule has 0 spiro atoms. The average Bonchev–Trinajstić information content (AvgIpc) is 2.64. The normalized spacial score (nSPS) is 10.4. The van der Waals surface area contributed by atoms with E-state index in [9.17, 15) is 4.79 Å². The summed E-state index contributed by atoms with van der Waals surface area (Å²) in [6.07, 6.45) is 0. The molecule has 0 unspecified atom stereocenters. The minimum atomic E-state index is -0.312. The molecule has 0 aliphatic heterocycles. The van der Waals surface area contributed by atoms with Gasteiger partial charge in [0, 0.05) is 17.3 Å². The van der Waals surface area contributed by atoms with Crippen molar-refractivity contribution in [3.05, 3.63) is 82.0 Å². The molecule has 0 bridgehead atoms. The molecule has 1 amide bonds. The van der Waals surface area contributed by atoms with E-state index in [1.165, 1.54) is 5.56 Å². The largest absolute Gasteiger partial charge is 0.365 e. The fourth-order valence-corrected chi connectivity index (χ4v) is 2.63. The molecular weight excluding hydrogens is 348 g/mol. The first-order valence-electron chi connectivity index (χ1n) is 8.22. The van der Waals surface area contributed by atoms with E-state index in [0.29, 0.717) is 23.1 Å². The van der Waals surface area contributed by atoms with Crippen LogP contribution in [0.2, 0.25) is 5.02 Å². The van der Waals surface area contributed by atoms with Crippen LogP contribution in [0.15, 0.2) is 54.6 Å². The van der Waals surface area contributed by atoms with E-state index in [4.69, 9.17) is 11.6 Å². The van der Waals surface area contributed by atoms with Gasteiger partial charge in [-0.15, -0.1) is 10.2 Å². The number of nitrogens with zero attached hydrogens (tertiary/aromatic N) is 2. The number of hydrogen-bond acceptors (Lipinski definition) is 4. The van der Waals surface area contributed by atoms with Crippen molar-refractivity contribution in [2.75, 3.05) is 10.6 Å². The van der Waals surface area contributed by atoms with Gasteiger partial charge in [0.1, 0.15) is 5.82 Å². The van der Waals surface area contributed by atoms with Crippen LogP contribution in [0.3, 0.4) is 0 Å². The van der Waals surface area contributed by atoms with Crippen molar-refractivity contribution in [3.63, 3.8) is 0 Å². The fraction of sp³-hybridized carbons (Fsp3) is 0.150. The number of aryl methyl sites for hydroxylation is 2. The van der Waals surface area contributed by atoms with Crippen LogP contribution in [0, 0.1) is 13.8 Å². The summed E-state index contributed by atoms with van der Waals surface area (Å²) in [5.41, 5.74) is 4.20. The van der Waals surface area contributed by atoms with E-state index < -0.39 is 0 Å². The van der Waals surface area contributed by atoms with Crippen molar-refractivity contribution >= 4 is 29.0 Å².